The monoisotopic (exact) mass is 393 g/mol. The molecule has 2 amide bonds. The number of benzene rings is 2. The molecular weight excluding hydrogens is 362 g/mol. The first-order chi connectivity index (χ1) is 14.0. The van der Waals surface area contributed by atoms with Crippen molar-refractivity contribution in [2.75, 3.05) is 36.4 Å². The number of piperidine rings is 1. The number of carbonyl (C=O) groups excluding carboxylic acids is 2. The second kappa shape index (κ2) is 9.59. The van der Waals surface area contributed by atoms with E-state index < -0.39 is 0 Å². The van der Waals surface area contributed by atoms with Crippen LogP contribution >= 0.6 is 0 Å². The Morgan fingerprint density at radius 1 is 0.966 bits per heavy atom. The highest BCUT2D eigenvalue weighted by Gasteiger charge is 2.22. The van der Waals surface area contributed by atoms with Crippen molar-refractivity contribution < 1.29 is 9.59 Å². The van der Waals surface area contributed by atoms with Crippen LogP contribution in [-0.2, 0) is 0 Å². The number of anilines is 2. The quantitative estimate of drug-likeness (QED) is 0.773. The molecule has 2 aromatic carbocycles. The summed E-state index contributed by atoms with van der Waals surface area (Å²) >= 11 is 0. The van der Waals surface area contributed by atoms with E-state index in [9.17, 15) is 9.59 Å². The van der Waals surface area contributed by atoms with Crippen LogP contribution in [0.15, 0.2) is 42.5 Å². The van der Waals surface area contributed by atoms with E-state index in [2.05, 4.69) is 10.2 Å². The molecule has 1 aliphatic heterocycles. The number of nitrogens with zero attached hydrogens (tertiary/aromatic N) is 2. The molecule has 0 spiro atoms. The van der Waals surface area contributed by atoms with Gasteiger partial charge in [0.2, 0.25) is 0 Å². The summed E-state index contributed by atoms with van der Waals surface area (Å²) in [4.78, 5) is 30.0. The van der Waals surface area contributed by atoms with Gasteiger partial charge in [-0.3, -0.25) is 9.59 Å². The lowest BCUT2D eigenvalue weighted by atomic mass is 10.0. The summed E-state index contributed by atoms with van der Waals surface area (Å²) in [6.07, 6.45) is 3.52. The van der Waals surface area contributed by atoms with Crippen molar-refractivity contribution in [2.24, 2.45) is 0 Å². The molecular formula is C24H31N3O2. The number of nitrogens with one attached hydrogen (secondary N) is 1. The second-order valence-electron chi connectivity index (χ2n) is 7.58. The minimum Gasteiger partial charge on any atom is -0.371 e. The summed E-state index contributed by atoms with van der Waals surface area (Å²) in [6, 6.07) is 13.2. The molecule has 5 nitrogen and oxygen atoms in total. The average molecular weight is 394 g/mol. The Morgan fingerprint density at radius 3 is 2.24 bits per heavy atom. The van der Waals surface area contributed by atoms with E-state index in [1.165, 1.54) is 6.42 Å². The van der Waals surface area contributed by atoms with Gasteiger partial charge >= 0.3 is 0 Å². The molecule has 2 aromatic rings. The standard InChI is InChI=1S/C24H31N3O2/c1-4-26(5-2)24(29)21-17-20(13-14-22(21)27-15-7-6-8-16-27)25-23(28)19-11-9-18(3)10-12-19/h9-14,17H,4-8,15-16H2,1-3H3,(H,25,28). The number of aryl methyl sites for hydroxylation is 1. The molecule has 0 aromatic heterocycles. The molecule has 0 atom stereocenters. The molecule has 29 heavy (non-hydrogen) atoms. The molecule has 0 bridgehead atoms. The molecule has 0 saturated carbocycles. The maximum absolute atomic E-state index is 13.2. The molecule has 1 fully saturated rings. The maximum atomic E-state index is 13.2. The first-order valence-electron chi connectivity index (χ1n) is 10.6. The van der Waals surface area contributed by atoms with Gasteiger partial charge in [0.05, 0.1) is 5.56 Å². The van der Waals surface area contributed by atoms with Crippen LogP contribution in [0.2, 0.25) is 0 Å². The molecule has 1 heterocycles. The summed E-state index contributed by atoms with van der Waals surface area (Å²) in [6.45, 7) is 9.23. The fourth-order valence-electron chi connectivity index (χ4n) is 3.79. The Morgan fingerprint density at radius 2 is 1.62 bits per heavy atom. The molecule has 0 aliphatic carbocycles. The number of rotatable bonds is 6. The van der Waals surface area contributed by atoms with Crippen LogP contribution in [0.1, 0.15) is 59.4 Å². The normalized spacial score (nSPS) is 13.8. The van der Waals surface area contributed by atoms with Gasteiger partial charge in [-0.1, -0.05) is 17.7 Å². The fourth-order valence-corrected chi connectivity index (χ4v) is 3.79. The van der Waals surface area contributed by atoms with E-state index in [0.29, 0.717) is 29.9 Å². The van der Waals surface area contributed by atoms with Gasteiger partial charge < -0.3 is 15.1 Å². The van der Waals surface area contributed by atoms with Crippen molar-refractivity contribution >= 4 is 23.2 Å². The zero-order valence-electron chi connectivity index (χ0n) is 17.7. The van der Waals surface area contributed by atoms with Crippen LogP contribution < -0.4 is 10.2 Å². The molecule has 5 heteroatoms. The van der Waals surface area contributed by atoms with E-state index in [4.69, 9.17) is 0 Å². The SMILES string of the molecule is CCN(CC)C(=O)c1cc(NC(=O)c2ccc(C)cc2)ccc1N1CCCCC1. The average Bonchev–Trinajstić information content (AvgIpc) is 2.75. The lowest BCUT2D eigenvalue weighted by Crippen LogP contribution is -2.35. The fraction of sp³-hybridized carbons (Fsp3) is 0.417. The van der Waals surface area contributed by atoms with Crippen molar-refractivity contribution in [1.29, 1.82) is 0 Å². The van der Waals surface area contributed by atoms with Gasteiger partial charge in [0, 0.05) is 43.1 Å². The van der Waals surface area contributed by atoms with Crippen LogP contribution in [0.4, 0.5) is 11.4 Å². The van der Waals surface area contributed by atoms with E-state index in [0.717, 1.165) is 37.2 Å². The summed E-state index contributed by atoms with van der Waals surface area (Å²) in [5.41, 5.74) is 3.99. The van der Waals surface area contributed by atoms with Crippen molar-refractivity contribution in [2.45, 2.75) is 40.0 Å². The Bertz CT molecular complexity index is 851. The van der Waals surface area contributed by atoms with Gasteiger partial charge in [-0.2, -0.15) is 0 Å². The largest absolute Gasteiger partial charge is 0.371 e. The van der Waals surface area contributed by atoms with E-state index in [1.54, 1.807) is 0 Å². The molecule has 154 valence electrons. The van der Waals surface area contributed by atoms with Crippen LogP contribution in [0.3, 0.4) is 0 Å². The van der Waals surface area contributed by atoms with Crippen molar-refractivity contribution in [3.8, 4) is 0 Å². The number of hydrogen-bond donors (Lipinski definition) is 1. The first kappa shape index (κ1) is 20.9. The third-order valence-corrected chi connectivity index (χ3v) is 5.55. The highest BCUT2D eigenvalue weighted by atomic mass is 16.2. The van der Waals surface area contributed by atoms with Crippen molar-refractivity contribution in [3.63, 3.8) is 0 Å². The minimum absolute atomic E-state index is 0.0157. The Hall–Kier alpha value is -2.82. The highest BCUT2D eigenvalue weighted by molar-refractivity contribution is 6.06. The topological polar surface area (TPSA) is 52.7 Å². The minimum atomic E-state index is -0.169. The molecule has 1 saturated heterocycles. The maximum Gasteiger partial charge on any atom is 0.256 e. The summed E-state index contributed by atoms with van der Waals surface area (Å²) < 4.78 is 0. The van der Waals surface area contributed by atoms with E-state index >= 15 is 0 Å². The smallest absolute Gasteiger partial charge is 0.256 e. The lowest BCUT2D eigenvalue weighted by Gasteiger charge is -2.31. The molecule has 0 unspecified atom stereocenters. The molecule has 0 radical (unpaired) electrons. The highest BCUT2D eigenvalue weighted by Crippen LogP contribution is 2.28. The van der Waals surface area contributed by atoms with Crippen LogP contribution in [0.25, 0.3) is 0 Å². The van der Waals surface area contributed by atoms with Gasteiger partial charge in [-0.05, 0) is 70.4 Å². The third-order valence-electron chi connectivity index (χ3n) is 5.55. The van der Waals surface area contributed by atoms with Gasteiger partial charge in [0.15, 0.2) is 0 Å². The zero-order chi connectivity index (χ0) is 20.8. The summed E-state index contributed by atoms with van der Waals surface area (Å²) in [7, 11) is 0. The summed E-state index contributed by atoms with van der Waals surface area (Å²) in [5, 5.41) is 2.95. The summed E-state index contributed by atoms with van der Waals surface area (Å²) in [5.74, 6) is -0.154. The molecule has 1 aliphatic rings. The number of carbonyl (C=O) groups is 2. The Kier molecular flexibility index (Phi) is 6.91. The lowest BCUT2D eigenvalue weighted by molar-refractivity contribution is 0.0773. The second-order valence-corrected chi connectivity index (χ2v) is 7.58. The van der Waals surface area contributed by atoms with Crippen LogP contribution in [0, 0.1) is 6.92 Å². The third kappa shape index (κ3) is 4.97. The van der Waals surface area contributed by atoms with Gasteiger partial charge in [-0.15, -0.1) is 0 Å². The van der Waals surface area contributed by atoms with Crippen LogP contribution in [-0.4, -0.2) is 42.9 Å². The van der Waals surface area contributed by atoms with Crippen LogP contribution in [0.5, 0.6) is 0 Å². The Balaban J connectivity index is 1.90. The van der Waals surface area contributed by atoms with Crippen molar-refractivity contribution in [3.05, 3.63) is 59.2 Å². The predicted octanol–water partition coefficient (Wildman–Crippen LogP) is 4.72. The van der Waals surface area contributed by atoms with Crippen molar-refractivity contribution in [1.82, 2.24) is 4.90 Å². The van der Waals surface area contributed by atoms with E-state index in [1.807, 2.05) is 68.1 Å². The first-order valence-corrected chi connectivity index (χ1v) is 10.6. The number of amides is 2. The number of hydrogen-bond acceptors (Lipinski definition) is 3. The Labute approximate surface area is 173 Å². The molecule has 3 rings (SSSR count). The predicted molar refractivity (Wildman–Crippen MR) is 119 cm³/mol. The van der Waals surface area contributed by atoms with Gasteiger partial charge in [-0.25, -0.2) is 0 Å². The van der Waals surface area contributed by atoms with Gasteiger partial charge in [0.25, 0.3) is 11.8 Å². The van der Waals surface area contributed by atoms with E-state index in [-0.39, 0.29) is 11.8 Å². The zero-order valence-corrected chi connectivity index (χ0v) is 17.7. The molecule has 1 N–H and O–H groups in total. The van der Waals surface area contributed by atoms with Gasteiger partial charge in [0.1, 0.15) is 0 Å².